The van der Waals surface area contributed by atoms with Gasteiger partial charge in [0.15, 0.2) is 0 Å². The Morgan fingerprint density at radius 1 is 1.24 bits per heavy atom. The molecule has 3 rings (SSSR count). The highest BCUT2D eigenvalue weighted by molar-refractivity contribution is 5.53. The molecule has 4 heteroatoms. The molecule has 0 aliphatic carbocycles. The van der Waals surface area contributed by atoms with Crippen LogP contribution in [0.2, 0.25) is 0 Å². The first-order valence-electron chi connectivity index (χ1n) is 5.77. The largest absolute Gasteiger partial charge is 0.383 e. The maximum Gasteiger partial charge on any atom is 0.132 e. The van der Waals surface area contributed by atoms with Gasteiger partial charge in [-0.3, -0.25) is 4.90 Å². The zero-order valence-electron chi connectivity index (χ0n) is 10.1. The number of nitrogens with zero attached hydrogens (tertiary/aromatic N) is 3. The molecular weight excluding hydrogens is 212 g/mol. The average Bonchev–Trinajstić information content (AvgIpc) is 2.79. The third kappa shape index (κ3) is 1.52. The van der Waals surface area contributed by atoms with E-state index in [0.717, 1.165) is 30.3 Å². The third-order valence-corrected chi connectivity index (χ3v) is 3.30. The van der Waals surface area contributed by atoms with Gasteiger partial charge in [0.05, 0.1) is 11.4 Å². The Morgan fingerprint density at radius 3 is 2.71 bits per heavy atom. The first kappa shape index (κ1) is 10.4. The van der Waals surface area contributed by atoms with Gasteiger partial charge in [0.25, 0.3) is 0 Å². The van der Waals surface area contributed by atoms with E-state index in [-0.39, 0.29) is 0 Å². The van der Waals surface area contributed by atoms with Crippen LogP contribution in [0.3, 0.4) is 0 Å². The highest BCUT2D eigenvalue weighted by atomic mass is 15.3. The SMILES string of the molecule is Cc1ccccc1-n1nc2c(c1N)CN(C)C2. The van der Waals surface area contributed by atoms with Gasteiger partial charge in [-0.05, 0) is 25.6 Å². The highest BCUT2D eigenvalue weighted by Gasteiger charge is 2.24. The van der Waals surface area contributed by atoms with Gasteiger partial charge in [-0.2, -0.15) is 5.10 Å². The Labute approximate surface area is 101 Å². The Hall–Kier alpha value is -1.81. The van der Waals surface area contributed by atoms with Crippen molar-refractivity contribution >= 4 is 5.82 Å². The first-order chi connectivity index (χ1) is 8.16. The lowest BCUT2D eigenvalue weighted by Crippen LogP contribution is -2.12. The quantitative estimate of drug-likeness (QED) is 0.808. The number of para-hydroxylation sites is 1. The smallest absolute Gasteiger partial charge is 0.132 e. The van der Waals surface area contributed by atoms with Crippen LogP contribution in [-0.2, 0) is 13.1 Å². The average molecular weight is 228 g/mol. The Bertz CT molecular complexity index is 571. The Kier molecular flexibility index (Phi) is 2.19. The zero-order valence-corrected chi connectivity index (χ0v) is 10.1. The summed E-state index contributed by atoms with van der Waals surface area (Å²) in [6.07, 6.45) is 0. The van der Waals surface area contributed by atoms with E-state index in [0.29, 0.717) is 0 Å². The van der Waals surface area contributed by atoms with Crippen LogP contribution in [0.4, 0.5) is 5.82 Å². The number of hydrogen-bond donors (Lipinski definition) is 1. The summed E-state index contributed by atoms with van der Waals surface area (Å²) in [6, 6.07) is 8.17. The van der Waals surface area contributed by atoms with E-state index >= 15 is 0 Å². The number of aromatic nitrogens is 2. The standard InChI is InChI=1S/C13H16N4/c1-9-5-3-4-6-12(9)17-13(14)10-7-16(2)8-11(10)15-17/h3-6H,7-8,14H2,1-2H3. The summed E-state index contributed by atoms with van der Waals surface area (Å²) in [4.78, 5) is 2.22. The van der Waals surface area contributed by atoms with Crippen molar-refractivity contribution in [1.29, 1.82) is 0 Å². The molecule has 2 heterocycles. The van der Waals surface area contributed by atoms with Crippen LogP contribution in [0.1, 0.15) is 16.8 Å². The van der Waals surface area contributed by atoms with Crippen molar-refractivity contribution < 1.29 is 0 Å². The third-order valence-electron chi connectivity index (χ3n) is 3.30. The molecule has 2 N–H and O–H groups in total. The van der Waals surface area contributed by atoms with E-state index in [9.17, 15) is 0 Å². The van der Waals surface area contributed by atoms with Crippen molar-refractivity contribution in [2.45, 2.75) is 20.0 Å². The molecule has 88 valence electrons. The van der Waals surface area contributed by atoms with E-state index < -0.39 is 0 Å². The van der Waals surface area contributed by atoms with Gasteiger partial charge in [-0.25, -0.2) is 4.68 Å². The van der Waals surface area contributed by atoms with Gasteiger partial charge in [-0.1, -0.05) is 18.2 Å². The molecule has 0 saturated carbocycles. The van der Waals surface area contributed by atoms with Crippen molar-refractivity contribution in [3.05, 3.63) is 41.1 Å². The number of hydrogen-bond acceptors (Lipinski definition) is 3. The van der Waals surface area contributed by atoms with Crippen LogP contribution < -0.4 is 5.73 Å². The summed E-state index contributed by atoms with van der Waals surface area (Å²) >= 11 is 0. The van der Waals surface area contributed by atoms with E-state index in [2.05, 4.69) is 36.1 Å². The van der Waals surface area contributed by atoms with Crippen molar-refractivity contribution in [2.75, 3.05) is 12.8 Å². The van der Waals surface area contributed by atoms with Crippen LogP contribution in [-0.4, -0.2) is 21.7 Å². The summed E-state index contributed by atoms with van der Waals surface area (Å²) in [5, 5.41) is 4.62. The normalized spacial score (nSPS) is 15.2. The number of aryl methyl sites for hydroxylation is 1. The van der Waals surface area contributed by atoms with Gasteiger partial charge in [0, 0.05) is 18.7 Å². The first-order valence-corrected chi connectivity index (χ1v) is 5.77. The van der Waals surface area contributed by atoms with Crippen LogP contribution in [0, 0.1) is 6.92 Å². The summed E-state index contributed by atoms with van der Waals surface area (Å²) in [6.45, 7) is 3.86. The molecule has 1 aliphatic heterocycles. The fraction of sp³-hybridized carbons (Fsp3) is 0.308. The van der Waals surface area contributed by atoms with Crippen molar-refractivity contribution in [1.82, 2.24) is 14.7 Å². The lowest BCUT2D eigenvalue weighted by Gasteiger charge is -2.10. The van der Waals surface area contributed by atoms with E-state index in [4.69, 9.17) is 5.73 Å². The monoisotopic (exact) mass is 228 g/mol. The fourth-order valence-electron chi connectivity index (χ4n) is 2.38. The summed E-state index contributed by atoms with van der Waals surface area (Å²) in [5.74, 6) is 0.777. The molecule has 1 aliphatic rings. The molecule has 0 unspecified atom stereocenters. The van der Waals surface area contributed by atoms with Gasteiger partial charge in [0.1, 0.15) is 5.82 Å². The number of anilines is 1. The molecule has 0 fully saturated rings. The van der Waals surface area contributed by atoms with E-state index in [1.807, 2.05) is 16.8 Å². The molecule has 2 aromatic rings. The zero-order chi connectivity index (χ0) is 12.0. The molecule has 0 bridgehead atoms. The number of benzene rings is 1. The summed E-state index contributed by atoms with van der Waals surface area (Å²) in [7, 11) is 2.08. The molecule has 0 amide bonds. The predicted molar refractivity (Wildman–Crippen MR) is 67.9 cm³/mol. The van der Waals surface area contributed by atoms with Crippen LogP contribution in [0.15, 0.2) is 24.3 Å². The maximum absolute atomic E-state index is 6.19. The molecule has 0 radical (unpaired) electrons. The van der Waals surface area contributed by atoms with Crippen LogP contribution in [0.25, 0.3) is 5.69 Å². The summed E-state index contributed by atoms with van der Waals surface area (Å²) < 4.78 is 1.87. The predicted octanol–water partition coefficient (Wildman–Crippen LogP) is 1.71. The van der Waals surface area contributed by atoms with Crippen molar-refractivity contribution in [3.63, 3.8) is 0 Å². The van der Waals surface area contributed by atoms with E-state index in [1.54, 1.807) is 0 Å². The second-order valence-corrected chi connectivity index (χ2v) is 4.68. The Morgan fingerprint density at radius 2 is 2.00 bits per heavy atom. The lowest BCUT2D eigenvalue weighted by molar-refractivity contribution is 0.348. The van der Waals surface area contributed by atoms with Gasteiger partial charge < -0.3 is 5.73 Å². The molecule has 0 spiro atoms. The Balaban J connectivity index is 2.13. The molecule has 0 saturated heterocycles. The fourth-order valence-corrected chi connectivity index (χ4v) is 2.38. The lowest BCUT2D eigenvalue weighted by atomic mass is 10.2. The van der Waals surface area contributed by atoms with Gasteiger partial charge >= 0.3 is 0 Å². The molecule has 1 aromatic heterocycles. The van der Waals surface area contributed by atoms with Gasteiger partial charge in [-0.15, -0.1) is 0 Å². The topological polar surface area (TPSA) is 47.1 Å². The number of nitrogens with two attached hydrogens (primary N) is 1. The van der Waals surface area contributed by atoms with Crippen LogP contribution in [0.5, 0.6) is 0 Å². The maximum atomic E-state index is 6.19. The minimum atomic E-state index is 0.777. The number of rotatable bonds is 1. The number of nitrogen functional groups attached to an aromatic ring is 1. The minimum absolute atomic E-state index is 0.777. The second kappa shape index (κ2) is 3.60. The highest BCUT2D eigenvalue weighted by Crippen LogP contribution is 2.28. The van der Waals surface area contributed by atoms with Gasteiger partial charge in [0.2, 0.25) is 0 Å². The summed E-state index contributed by atoms with van der Waals surface area (Å²) in [5.41, 5.74) is 10.7. The van der Waals surface area contributed by atoms with E-state index in [1.165, 1.54) is 11.1 Å². The number of fused-ring (bicyclic) bond motifs is 1. The van der Waals surface area contributed by atoms with Crippen LogP contribution >= 0.6 is 0 Å². The molecule has 4 nitrogen and oxygen atoms in total. The van der Waals surface area contributed by atoms with Crippen molar-refractivity contribution in [2.24, 2.45) is 0 Å². The molecular formula is C13H16N4. The molecule has 17 heavy (non-hydrogen) atoms. The minimum Gasteiger partial charge on any atom is -0.383 e. The second-order valence-electron chi connectivity index (χ2n) is 4.68. The molecule has 0 atom stereocenters. The van der Waals surface area contributed by atoms with Crippen molar-refractivity contribution in [3.8, 4) is 5.69 Å². The molecule has 1 aromatic carbocycles.